The van der Waals surface area contributed by atoms with E-state index in [1.807, 2.05) is 0 Å². The zero-order valence-corrected chi connectivity index (χ0v) is 20.5. The lowest BCUT2D eigenvalue weighted by Gasteiger charge is -2.30. The third-order valence-electron chi connectivity index (χ3n) is 5.12. The minimum Gasteiger partial charge on any atom is -0.373 e. The third kappa shape index (κ3) is 13.7. The van der Waals surface area contributed by atoms with Crippen LogP contribution in [0.5, 0.6) is 0 Å². The predicted octanol–water partition coefficient (Wildman–Crippen LogP) is 8.81. The van der Waals surface area contributed by atoms with E-state index < -0.39 is 0 Å². The van der Waals surface area contributed by atoms with Crippen LogP contribution in [0.1, 0.15) is 118 Å². The minimum absolute atomic E-state index is 0.360. The van der Waals surface area contributed by atoms with Crippen LogP contribution in [-0.2, 0) is 4.74 Å². The second-order valence-corrected chi connectivity index (χ2v) is 9.82. The summed E-state index contributed by atoms with van der Waals surface area (Å²) in [7, 11) is 0. The molecule has 0 aliphatic carbocycles. The SMILES string of the molecule is CCCCCCCC(OC(CCCCCCC)C(Br)CC)C(Br)CC. The van der Waals surface area contributed by atoms with E-state index in [0.717, 1.165) is 12.8 Å². The summed E-state index contributed by atoms with van der Waals surface area (Å²) in [5, 5.41) is 0. The van der Waals surface area contributed by atoms with Gasteiger partial charge in [-0.1, -0.05) is 124 Å². The Kier molecular flexibility index (Phi) is 19.0. The van der Waals surface area contributed by atoms with Gasteiger partial charge in [-0.25, -0.2) is 0 Å². The van der Waals surface area contributed by atoms with Crippen LogP contribution in [0, 0.1) is 0 Å². The minimum atomic E-state index is 0.360. The Labute approximate surface area is 175 Å². The molecule has 0 heterocycles. The first kappa shape index (κ1) is 25.9. The smallest absolute Gasteiger partial charge is 0.0704 e. The first-order valence-corrected chi connectivity index (χ1v) is 12.9. The second kappa shape index (κ2) is 18.3. The molecule has 152 valence electrons. The fourth-order valence-corrected chi connectivity index (χ4v) is 4.09. The molecule has 0 aromatic rings. The van der Waals surface area contributed by atoms with Gasteiger partial charge in [-0.2, -0.15) is 0 Å². The van der Waals surface area contributed by atoms with Crippen LogP contribution in [0.3, 0.4) is 0 Å². The molecule has 0 bridgehead atoms. The molecular formula is C22H44Br2O. The molecular weight excluding hydrogens is 440 g/mol. The Bertz CT molecular complexity index is 247. The van der Waals surface area contributed by atoms with E-state index in [2.05, 4.69) is 59.6 Å². The standard InChI is InChI=1S/C22H44Br2O/c1-5-9-11-13-15-17-21(19(23)7-3)25-22(20(24)8-4)18-16-14-12-10-6-2/h19-22H,5-18H2,1-4H3. The van der Waals surface area contributed by atoms with Gasteiger partial charge >= 0.3 is 0 Å². The highest BCUT2D eigenvalue weighted by molar-refractivity contribution is 9.09. The van der Waals surface area contributed by atoms with E-state index in [1.165, 1.54) is 77.0 Å². The monoisotopic (exact) mass is 482 g/mol. The Hall–Kier alpha value is 0.920. The summed E-state index contributed by atoms with van der Waals surface area (Å²) >= 11 is 7.78. The first-order chi connectivity index (χ1) is 12.1. The molecule has 0 spiro atoms. The largest absolute Gasteiger partial charge is 0.373 e. The molecule has 3 heteroatoms. The highest BCUT2D eigenvalue weighted by Gasteiger charge is 2.25. The van der Waals surface area contributed by atoms with Crippen molar-refractivity contribution >= 4 is 31.9 Å². The number of unbranched alkanes of at least 4 members (excludes halogenated alkanes) is 8. The van der Waals surface area contributed by atoms with Crippen molar-refractivity contribution < 1.29 is 4.74 Å². The molecule has 0 fully saturated rings. The molecule has 0 N–H and O–H groups in total. The lowest BCUT2D eigenvalue weighted by Crippen LogP contribution is -2.34. The molecule has 0 rings (SSSR count). The van der Waals surface area contributed by atoms with Gasteiger partial charge in [0.2, 0.25) is 0 Å². The number of hydrogen-bond donors (Lipinski definition) is 0. The van der Waals surface area contributed by atoms with Crippen molar-refractivity contribution in [3.63, 3.8) is 0 Å². The summed E-state index contributed by atoms with van der Waals surface area (Å²) in [6, 6.07) is 0. The van der Waals surface area contributed by atoms with Crippen molar-refractivity contribution in [3.8, 4) is 0 Å². The quantitative estimate of drug-likeness (QED) is 0.140. The molecule has 4 unspecified atom stereocenters. The van der Waals surface area contributed by atoms with Crippen LogP contribution in [0.4, 0.5) is 0 Å². The molecule has 25 heavy (non-hydrogen) atoms. The van der Waals surface area contributed by atoms with Crippen LogP contribution in [0.15, 0.2) is 0 Å². The average molecular weight is 484 g/mol. The third-order valence-corrected chi connectivity index (χ3v) is 7.60. The first-order valence-electron chi connectivity index (χ1n) is 11.0. The van der Waals surface area contributed by atoms with Gasteiger partial charge in [-0.15, -0.1) is 0 Å². The van der Waals surface area contributed by atoms with Crippen LogP contribution in [0.2, 0.25) is 0 Å². The van der Waals surface area contributed by atoms with Crippen molar-refractivity contribution in [2.24, 2.45) is 0 Å². The normalized spacial score (nSPS) is 16.6. The average Bonchev–Trinajstić information content (AvgIpc) is 2.63. The van der Waals surface area contributed by atoms with Gasteiger partial charge in [-0.3, -0.25) is 0 Å². The van der Waals surface area contributed by atoms with E-state index in [0.29, 0.717) is 21.9 Å². The van der Waals surface area contributed by atoms with Gasteiger partial charge in [0.15, 0.2) is 0 Å². The van der Waals surface area contributed by atoms with Gasteiger partial charge in [0.1, 0.15) is 0 Å². The summed E-state index contributed by atoms with van der Waals surface area (Å²) in [4.78, 5) is 0.968. The fourth-order valence-electron chi connectivity index (χ4n) is 3.32. The van der Waals surface area contributed by atoms with E-state index in [4.69, 9.17) is 4.74 Å². The van der Waals surface area contributed by atoms with Gasteiger partial charge in [0.25, 0.3) is 0 Å². The Morgan fingerprint density at radius 3 is 1.24 bits per heavy atom. The van der Waals surface area contributed by atoms with Crippen molar-refractivity contribution in [1.29, 1.82) is 0 Å². The number of hydrogen-bond acceptors (Lipinski definition) is 1. The van der Waals surface area contributed by atoms with E-state index in [-0.39, 0.29) is 0 Å². The maximum absolute atomic E-state index is 6.68. The summed E-state index contributed by atoms with van der Waals surface area (Å²) < 4.78 is 6.68. The number of halogens is 2. The topological polar surface area (TPSA) is 9.23 Å². The van der Waals surface area contributed by atoms with Crippen molar-refractivity contribution in [2.75, 3.05) is 0 Å². The molecule has 0 amide bonds. The number of ether oxygens (including phenoxy) is 1. The molecule has 0 aliphatic heterocycles. The van der Waals surface area contributed by atoms with Crippen LogP contribution >= 0.6 is 31.9 Å². The molecule has 0 radical (unpaired) electrons. The zero-order valence-electron chi connectivity index (χ0n) is 17.4. The van der Waals surface area contributed by atoms with Crippen LogP contribution in [0.25, 0.3) is 0 Å². The van der Waals surface area contributed by atoms with Crippen molar-refractivity contribution in [1.82, 2.24) is 0 Å². The summed E-state index contributed by atoms with van der Waals surface area (Å²) in [5.74, 6) is 0. The van der Waals surface area contributed by atoms with Crippen molar-refractivity contribution in [2.45, 2.75) is 139 Å². The fraction of sp³-hybridized carbons (Fsp3) is 1.00. The highest BCUT2D eigenvalue weighted by Crippen LogP contribution is 2.27. The maximum atomic E-state index is 6.68. The van der Waals surface area contributed by atoms with Gasteiger partial charge in [0, 0.05) is 9.65 Å². The van der Waals surface area contributed by atoms with E-state index >= 15 is 0 Å². The lowest BCUT2D eigenvalue weighted by atomic mass is 10.0. The number of alkyl halides is 2. The Balaban J connectivity index is 4.44. The van der Waals surface area contributed by atoms with Gasteiger partial charge < -0.3 is 4.74 Å². The maximum Gasteiger partial charge on any atom is 0.0704 e. The number of rotatable bonds is 18. The molecule has 0 aromatic carbocycles. The van der Waals surface area contributed by atoms with E-state index in [1.54, 1.807) is 0 Å². The molecule has 4 atom stereocenters. The summed E-state index contributed by atoms with van der Waals surface area (Å²) in [6.45, 7) is 9.09. The van der Waals surface area contributed by atoms with E-state index in [9.17, 15) is 0 Å². The highest BCUT2D eigenvalue weighted by atomic mass is 79.9. The zero-order chi connectivity index (χ0) is 18.9. The second-order valence-electron chi connectivity index (χ2n) is 7.47. The summed E-state index contributed by atoms with van der Waals surface area (Å²) in [6.07, 6.45) is 18.8. The summed E-state index contributed by atoms with van der Waals surface area (Å²) in [5.41, 5.74) is 0. The molecule has 0 aromatic heterocycles. The van der Waals surface area contributed by atoms with Crippen LogP contribution in [-0.4, -0.2) is 21.9 Å². The van der Waals surface area contributed by atoms with Gasteiger partial charge in [-0.05, 0) is 25.7 Å². The Morgan fingerprint density at radius 1 is 0.560 bits per heavy atom. The van der Waals surface area contributed by atoms with Crippen molar-refractivity contribution in [3.05, 3.63) is 0 Å². The molecule has 0 aliphatic rings. The molecule has 0 saturated carbocycles. The molecule has 0 saturated heterocycles. The van der Waals surface area contributed by atoms with Gasteiger partial charge in [0.05, 0.1) is 12.2 Å². The lowest BCUT2D eigenvalue weighted by molar-refractivity contribution is -0.0228. The Morgan fingerprint density at radius 2 is 0.920 bits per heavy atom. The molecule has 1 nitrogen and oxygen atoms in total. The van der Waals surface area contributed by atoms with Crippen LogP contribution < -0.4 is 0 Å². The predicted molar refractivity (Wildman–Crippen MR) is 121 cm³/mol.